The summed E-state index contributed by atoms with van der Waals surface area (Å²) in [6.07, 6.45) is 0. The van der Waals surface area contributed by atoms with Crippen LogP contribution in [-0.2, 0) is 11.8 Å². The summed E-state index contributed by atoms with van der Waals surface area (Å²) in [5.41, 5.74) is 3.15. The van der Waals surface area contributed by atoms with Crippen molar-refractivity contribution in [2.75, 3.05) is 18.4 Å². The minimum Gasteiger partial charge on any atom is -0.382 e. The van der Waals surface area contributed by atoms with Crippen molar-refractivity contribution in [3.05, 3.63) is 46.5 Å². The van der Waals surface area contributed by atoms with Gasteiger partial charge in [0.15, 0.2) is 0 Å². The van der Waals surface area contributed by atoms with Gasteiger partial charge in [-0.1, -0.05) is 6.07 Å². The Hall–Kier alpha value is -2.88. The maximum atomic E-state index is 13.5. The van der Waals surface area contributed by atoms with Crippen molar-refractivity contribution in [2.45, 2.75) is 26.7 Å². The molecular weight excluding hydrogens is 321 g/mol. The van der Waals surface area contributed by atoms with E-state index in [1.165, 1.54) is 12.1 Å². The van der Waals surface area contributed by atoms with Crippen molar-refractivity contribution < 1.29 is 9.18 Å². The van der Waals surface area contributed by atoms with Gasteiger partial charge < -0.3 is 10.6 Å². The standard InChI is InChI=1S/C18H22FN5O/c1-11(17-12(2)23-24(4)13(17)3)18(25)22-9-8-21-16-7-5-6-15(19)14(16)10-20/h5-7,11,21H,8-9H2,1-4H3,(H,22,25)/t11-/m1/s1. The largest absolute Gasteiger partial charge is 0.382 e. The van der Waals surface area contributed by atoms with E-state index in [0.29, 0.717) is 18.8 Å². The summed E-state index contributed by atoms with van der Waals surface area (Å²) in [4.78, 5) is 12.4. The summed E-state index contributed by atoms with van der Waals surface area (Å²) in [6.45, 7) is 6.43. The highest BCUT2D eigenvalue weighted by Crippen LogP contribution is 2.22. The lowest BCUT2D eigenvalue weighted by Gasteiger charge is -2.14. The predicted octanol–water partition coefficient (Wildman–Crippen LogP) is 2.38. The fraction of sp³-hybridized carbons (Fsp3) is 0.389. The van der Waals surface area contributed by atoms with Gasteiger partial charge in [0.2, 0.25) is 5.91 Å². The van der Waals surface area contributed by atoms with Gasteiger partial charge in [0.05, 0.1) is 17.3 Å². The molecule has 0 saturated heterocycles. The van der Waals surface area contributed by atoms with Crippen molar-refractivity contribution >= 4 is 11.6 Å². The Balaban J connectivity index is 1.91. The zero-order valence-corrected chi connectivity index (χ0v) is 14.9. The van der Waals surface area contributed by atoms with E-state index in [1.54, 1.807) is 10.7 Å². The number of aryl methyl sites for hydroxylation is 2. The molecule has 2 aromatic rings. The maximum Gasteiger partial charge on any atom is 0.227 e. The molecule has 0 radical (unpaired) electrons. The topological polar surface area (TPSA) is 82.7 Å². The minimum absolute atomic E-state index is 0.0243. The molecule has 25 heavy (non-hydrogen) atoms. The van der Waals surface area contributed by atoms with Gasteiger partial charge in [-0.25, -0.2) is 4.39 Å². The molecule has 0 saturated carbocycles. The fourth-order valence-corrected chi connectivity index (χ4v) is 2.87. The number of benzene rings is 1. The summed E-state index contributed by atoms with van der Waals surface area (Å²) in [5, 5.41) is 19.1. The lowest BCUT2D eigenvalue weighted by atomic mass is 9.98. The SMILES string of the molecule is Cc1nn(C)c(C)c1[C@@H](C)C(=O)NCCNc1cccc(F)c1C#N. The van der Waals surface area contributed by atoms with E-state index in [0.717, 1.165) is 17.0 Å². The number of rotatable bonds is 6. The predicted molar refractivity (Wildman–Crippen MR) is 93.7 cm³/mol. The first-order valence-electron chi connectivity index (χ1n) is 8.07. The molecule has 1 atom stereocenters. The fourth-order valence-electron chi connectivity index (χ4n) is 2.87. The summed E-state index contributed by atoms with van der Waals surface area (Å²) < 4.78 is 15.3. The third-order valence-electron chi connectivity index (χ3n) is 4.26. The smallest absolute Gasteiger partial charge is 0.227 e. The molecule has 0 fully saturated rings. The maximum absolute atomic E-state index is 13.5. The van der Waals surface area contributed by atoms with Gasteiger partial charge in [-0.15, -0.1) is 0 Å². The van der Waals surface area contributed by atoms with E-state index < -0.39 is 5.82 Å². The molecule has 1 amide bonds. The second-order valence-corrected chi connectivity index (χ2v) is 5.92. The minimum atomic E-state index is -0.562. The molecule has 0 aliphatic carbocycles. The molecule has 2 N–H and O–H groups in total. The number of carbonyl (C=O) groups is 1. The molecule has 6 nitrogen and oxygen atoms in total. The second kappa shape index (κ2) is 7.79. The van der Waals surface area contributed by atoms with Crippen LogP contribution >= 0.6 is 0 Å². The van der Waals surface area contributed by atoms with Crippen molar-refractivity contribution in [3.63, 3.8) is 0 Å². The Bertz CT molecular complexity index is 822. The van der Waals surface area contributed by atoms with E-state index in [-0.39, 0.29) is 17.4 Å². The first kappa shape index (κ1) is 18.5. The van der Waals surface area contributed by atoms with Crippen LogP contribution in [0.4, 0.5) is 10.1 Å². The van der Waals surface area contributed by atoms with Crippen LogP contribution < -0.4 is 10.6 Å². The monoisotopic (exact) mass is 343 g/mol. The molecule has 2 rings (SSSR count). The van der Waals surface area contributed by atoms with E-state index in [1.807, 2.05) is 33.9 Å². The number of amides is 1. The Morgan fingerprint density at radius 3 is 2.72 bits per heavy atom. The van der Waals surface area contributed by atoms with Gasteiger partial charge in [0, 0.05) is 31.4 Å². The van der Waals surface area contributed by atoms with Gasteiger partial charge >= 0.3 is 0 Å². The molecule has 0 aliphatic heterocycles. The van der Waals surface area contributed by atoms with Crippen LogP contribution in [0.3, 0.4) is 0 Å². The highest BCUT2D eigenvalue weighted by molar-refractivity contribution is 5.83. The molecule has 1 heterocycles. The summed E-state index contributed by atoms with van der Waals surface area (Å²) >= 11 is 0. The number of nitrogens with one attached hydrogen (secondary N) is 2. The van der Waals surface area contributed by atoms with Gasteiger partial charge in [-0.05, 0) is 32.9 Å². The van der Waals surface area contributed by atoms with Crippen LogP contribution in [0.2, 0.25) is 0 Å². The Morgan fingerprint density at radius 1 is 1.40 bits per heavy atom. The van der Waals surface area contributed by atoms with E-state index in [9.17, 15) is 9.18 Å². The van der Waals surface area contributed by atoms with Crippen molar-refractivity contribution in [1.82, 2.24) is 15.1 Å². The number of halogens is 1. The van der Waals surface area contributed by atoms with Crippen LogP contribution in [0.5, 0.6) is 0 Å². The van der Waals surface area contributed by atoms with Gasteiger partial charge in [0.1, 0.15) is 17.4 Å². The van der Waals surface area contributed by atoms with E-state index in [4.69, 9.17) is 5.26 Å². The number of nitrogens with zero attached hydrogens (tertiary/aromatic N) is 3. The zero-order valence-electron chi connectivity index (χ0n) is 14.9. The zero-order chi connectivity index (χ0) is 18.6. The number of anilines is 1. The van der Waals surface area contributed by atoms with Gasteiger partial charge in [-0.3, -0.25) is 9.48 Å². The lowest BCUT2D eigenvalue weighted by molar-refractivity contribution is -0.122. The van der Waals surface area contributed by atoms with Crippen molar-refractivity contribution in [3.8, 4) is 6.07 Å². The summed E-state index contributed by atoms with van der Waals surface area (Å²) in [5.74, 6) is -0.967. The Kier molecular flexibility index (Phi) is 5.75. The number of aromatic nitrogens is 2. The highest BCUT2D eigenvalue weighted by Gasteiger charge is 2.22. The van der Waals surface area contributed by atoms with Crippen LogP contribution in [0.15, 0.2) is 18.2 Å². The first-order valence-corrected chi connectivity index (χ1v) is 8.07. The van der Waals surface area contributed by atoms with Gasteiger partial charge in [-0.2, -0.15) is 10.4 Å². The molecule has 0 aliphatic rings. The molecule has 132 valence electrons. The molecular formula is C18H22FN5O. The van der Waals surface area contributed by atoms with Gasteiger partial charge in [0.25, 0.3) is 0 Å². The molecule has 0 spiro atoms. The third kappa shape index (κ3) is 3.97. The van der Waals surface area contributed by atoms with Crippen LogP contribution in [0, 0.1) is 31.0 Å². The highest BCUT2D eigenvalue weighted by atomic mass is 19.1. The normalized spacial score (nSPS) is 11.7. The quantitative estimate of drug-likeness (QED) is 0.789. The third-order valence-corrected chi connectivity index (χ3v) is 4.26. The molecule has 1 aromatic heterocycles. The Morgan fingerprint density at radius 2 is 2.12 bits per heavy atom. The van der Waals surface area contributed by atoms with Crippen LogP contribution in [0.25, 0.3) is 0 Å². The molecule has 0 bridgehead atoms. The second-order valence-electron chi connectivity index (χ2n) is 5.92. The summed E-state index contributed by atoms with van der Waals surface area (Å²) in [7, 11) is 1.85. The van der Waals surface area contributed by atoms with Crippen molar-refractivity contribution in [1.29, 1.82) is 5.26 Å². The molecule has 1 aromatic carbocycles. The number of nitriles is 1. The molecule has 7 heteroatoms. The average Bonchev–Trinajstić information content (AvgIpc) is 2.83. The van der Waals surface area contributed by atoms with E-state index >= 15 is 0 Å². The lowest BCUT2D eigenvalue weighted by Crippen LogP contribution is -2.32. The number of hydrogen-bond donors (Lipinski definition) is 2. The Labute approximate surface area is 146 Å². The first-order chi connectivity index (χ1) is 11.9. The molecule has 0 unspecified atom stereocenters. The summed E-state index contributed by atoms with van der Waals surface area (Å²) in [6, 6.07) is 6.24. The number of carbonyl (C=O) groups excluding carboxylic acids is 1. The number of hydrogen-bond acceptors (Lipinski definition) is 4. The van der Waals surface area contributed by atoms with Crippen LogP contribution in [0.1, 0.15) is 35.4 Å². The van der Waals surface area contributed by atoms with E-state index in [2.05, 4.69) is 15.7 Å². The van der Waals surface area contributed by atoms with Crippen LogP contribution in [-0.4, -0.2) is 28.8 Å². The average molecular weight is 343 g/mol. The van der Waals surface area contributed by atoms with Crippen molar-refractivity contribution in [2.24, 2.45) is 7.05 Å².